The molecule has 0 radical (unpaired) electrons. The molecule has 2 aromatic carbocycles. The molecule has 2 heteroatoms. The highest BCUT2D eigenvalue weighted by Gasteiger charge is 2.03. The molecule has 0 saturated heterocycles. The van der Waals surface area contributed by atoms with Gasteiger partial charge in [-0.2, -0.15) is 0 Å². The summed E-state index contributed by atoms with van der Waals surface area (Å²) in [7, 11) is 2.15. The topological polar surface area (TPSA) is 29.3 Å². The molecule has 0 atom stereocenters. The molecule has 2 aromatic rings. The molecule has 2 nitrogen and oxygen atoms in total. The molecule has 0 heterocycles. The van der Waals surface area contributed by atoms with E-state index in [-0.39, 0.29) is 0 Å². The lowest BCUT2D eigenvalue weighted by atomic mass is 10.1. The summed E-state index contributed by atoms with van der Waals surface area (Å²) >= 11 is 0. The van der Waals surface area contributed by atoms with Crippen LogP contribution in [0, 0.1) is 6.92 Å². The second-order valence-corrected chi connectivity index (χ2v) is 5.16. The number of aryl methyl sites for hydroxylation is 1. The lowest BCUT2D eigenvalue weighted by Gasteiger charge is -2.17. The number of hydrogen-bond acceptors (Lipinski definition) is 2. The normalized spacial score (nSPS) is 10.9. The maximum absolute atomic E-state index is 5.80. The van der Waals surface area contributed by atoms with Gasteiger partial charge in [-0.1, -0.05) is 36.4 Å². The Bertz CT molecular complexity index is 534. The van der Waals surface area contributed by atoms with Gasteiger partial charge >= 0.3 is 0 Å². The van der Waals surface area contributed by atoms with Crippen LogP contribution in [0.1, 0.15) is 16.7 Å². The zero-order valence-corrected chi connectivity index (χ0v) is 11.8. The zero-order chi connectivity index (χ0) is 13.7. The first-order valence-corrected chi connectivity index (χ1v) is 6.72. The van der Waals surface area contributed by atoms with E-state index in [1.54, 1.807) is 0 Å². The average Bonchev–Trinajstić information content (AvgIpc) is 2.38. The minimum Gasteiger partial charge on any atom is -0.399 e. The molecule has 0 saturated carbocycles. The molecule has 100 valence electrons. The molecule has 0 bridgehead atoms. The van der Waals surface area contributed by atoms with Crippen LogP contribution in [0.2, 0.25) is 0 Å². The monoisotopic (exact) mass is 254 g/mol. The molecule has 0 aliphatic carbocycles. The Hall–Kier alpha value is -1.80. The van der Waals surface area contributed by atoms with E-state index in [1.165, 1.54) is 16.7 Å². The summed E-state index contributed by atoms with van der Waals surface area (Å²) in [5.74, 6) is 0. The third-order valence-corrected chi connectivity index (χ3v) is 3.43. The van der Waals surface area contributed by atoms with Crippen LogP contribution in [0.25, 0.3) is 0 Å². The van der Waals surface area contributed by atoms with Crippen molar-refractivity contribution in [2.45, 2.75) is 19.9 Å². The van der Waals surface area contributed by atoms with Crippen molar-refractivity contribution in [2.75, 3.05) is 19.3 Å². The Morgan fingerprint density at radius 2 is 1.84 bits per heavy atom. The number of nitrogens with zero attached hydrogens (tertiary/aromatic N) is 1. The molecule has 0 amide bonds. The molecule has 2 rings (SSSR count). The van der Waals surface area contributed by atoms with Crippen molar-refractivity contribution in [3.63, 3.8) is 0 Å². The molecular formula is C17H22N2. The van der Waals surface area contributed by atoms with Gasteiger partial charge in [0.15, 0.2) is 0 Å². The highest BCUT2D eigenvalue weighted by molar-refractivity contribution is 5.40. The Balaban J connectivity index is 1.88. The molecule has 0 aliphatic heterocycles. The van der Waals surface area contributed by atoms with E-state index in [9.17, 15) is 0 Å². The second kappa shape index (κ2) is 6.39. The van der Waals surface area contributed by atoms with Gasteiger partial charge in [-0.25, -0.2) is 0 Å². The average molecular weight is 254 g/mol. The van der Waals surface area contributed by atoms with E-state index in [1.807, 2.05) is 18.2 Å². The molecule has 2 N–H and O–H groups in total. The third kappa shape index (κ3) is 4.11. The van der Waals surface area contributed by atoms with Gasteiger partial charge in [-0.05, 0) is 49.2 Å². The summed E-state index contributed by atoms with van der Waals surface area (Å²) in [5.41, 5.74) is 10.7. The van der Waals surface area contributed by atoms with Crippen LogP contribution >= 0.6 is 0 Å². The van der Waals surface area contributed by atoms with Crippen LogP contribution in [-0.4, -0.2) is 18.5 Å². The number of benzene rings is 2. The first kappa shape index (κ1) is 13.6. The Labute approximate surface area is 115 Å². The molecule has 0 aromatic heterocycles. The summed E-state index contributed by atoms with van der Waals surface area (Å²) < 4.78 is 0. The van der Waals surface area contributed by atoms with Crippen molar-refractivity contribution >= 4 is 5.69 Å². The fourth-order valence-electron chi connectivity index (χ4n) is 2.28. The van der Waals surface area contributed by atoms with E-state index in [0.29, 0.717) is 0 Å². The van der Waals surface area contributed by atoms with E-state index in [2.05, 4.69) is 49.2 Å². The number of anilines is 1. The van der Waals surface area contributed by atoms with Crippen molar-refractivity contribution in [3.8, 4) is 0 Å². The number of nitrogens with two attached hydrogens (primary N) is 1. The molecule has 0 unspecified atom stereocenters. The number of nitrogen functional groups attached to an aromatic ring is 1. The zero-order valence-electron chi connectivity index (χ0n) is 11.8. The molecular weight excluding hydrogens is 232 g/mol. The Morgan fingerprint density at radius 3 is 2.58 bits per heavy atom. The first-order chi connectivity index (χ1) is 9.15. The molecule has 0 fully saturated rings. The summed E-state index contributed by atoms with van der Waals surface area (Å²) in [5, 5.41) is 0. The first-order valence-electron chi connectivity index (χ1n) is 6.72. The smallest absolute Gasteiger partial charge is 0.0317 e. The van der Waals surface area contributed by atoms with Crippen LogP contribution in [0.3, 0.4) is 0 Å². The summed E-state index contributed by atoms with van der Waals surface area (Å²) in [6.07, 6.45) is 1.09. The van der Waals surface area contributed by atoms with Crippen LogP contribution in [0.15, 0.2) is 48.5 Å². The van der Waals surface area contributed by atoms with Crippen LogP contribution in [0.5, 0.6) is 0 Å². The van der Waals surface area contributed by atoms with Crippen molar-refractivity contribution < 1.29 is 0 Å². The van der Waals surface area contributed by atoms with Crippen LogP contribution in [-0.2, 0) is 13.0 Å². The highest BCUT2D eigenvalue weighted by Crippen LogP contribution is 2.11. The van der Waals surface area contributed by atoms with Gasteiger partial charge < -0.3 is 10.6 Å². The fourth-order valence-corrected chi connectivity index (χ4v) is 2.28. The Kier molecular flexibility index (Phi) is 4.58. The van der Waals surface area contributed by atoms with Crippen molar-refractivity contribution in [1.29, 1.82) is 0 Å². The van der Waals surface area contributed by atoms with Gasteiger partial charge in [0, 0.05) is 18.8 Å². The molecule has 0 spiro atoms. The standard InChI is InChI=1S/C17H22N2/c1-14-6-3-4-8-16(14)10-11-19(2)13-15-7-5-9-17(18)12-15/h3-9,12H,10-11,13,18H2,1-2H3. The highest BCUT2D eigenvalue weighted by atomic mass is 15.1. The van der Waals surface area contributed by atoms with Gasteiger partial charge in [0.25, 0.3) is 0 Å². The second-order valence-electron chi connectivity index (χ2n) is 5.16. The maximum Gasteiger partial charge on any atom is 0.0317 e. The van der Waals surface area contributed by atoms with Gasteiger partial charge in [0.1, 0.15) is 0 Å². The van der Waals surface area contributed by atoms with Gasteiger partial charge in [0.2, 0.25) is 0 Å². The van der Waals surface area contributed by atoms with Crippen LogP contribution < -0.4 is 5.73 Å². The van der Waals surface area contributed by atoms with Gasteiger partial charge in [-0.3, -0.25) is 0 Å². The Morgan fingerprint density at radius 1 is 1.05 bits per heavy atom. The lowest BCUT2D eigenvalue weighted by molar-refractivity contribution is 0.331. The van der Waals surface area contributed by atoms with E-state index >= 15 is 0 Å². The number of likely N-dealkylation sites (N-methyl/N-ethyl adjacent to an activating group) is 1. The fraction of sp³-hybridized carbons (Fsp3) is 0.294. The SMILES string of the molecule is Cc1ccccc1CCN(C)Cc1cccc(N)c1. The lowest BCUT2D eigenvalue weighted by Crippen LogP contribution is -2.21. The predicted octanol–water partition coefficient (Wildman–Crippen LogP) is 3.25. The quantitative estimate of drug-likeness (QED) is 0.830. The van der Waals surface area contributed by atoms with Crippen molar-refractivity contribution in [2.24, 2.45) is 0 Å². The summed E-state index contributed by atoms with van der Waals surface area (Å²) in [4.78, 5) is 2.33. The summed E-state index contributed by atoms with van der Waals surface area (Å²) in [6, 6.07) is 16.7. The van der Waals surface area contributed by atoms with Crippen molar-refractivity contribution in [3.05, 3.63) is 65.2 Å². The van der Waals surface area contributed by atoms with Crippen LogP contribution in [0.4, 0.5) is 5.69 Å². The minimum absolute atomic E-state index is 0.838. The molecule has 0 aliphatic rings. The van der Waals surface area contributed by atoms with E-state index < -0.39 is 0 Å². The summed E-state index contributed by atoms with van der Waals surface area (Å²) in [6.45, 7) is 4.17. The number of hydrogen-bond donors (Lipinski definition) is 1. The third-order valence-electron chi connectivity index (χ3n) is 3.43. The van der Waals surface area contributed by atoms with E-state index in [4.69, 9.17) is 5.73 Å². The minimum atomic E-state index is 0.838. The maximum atomic E-state index is 5.80. The van der Waals surface area contributed by atoms with Crippen molar-refractivity contribution in [1.82, 2.24) is 4.90 Å². The van der Waals surface area contributed by atoms with Gasteiger partial charge in [0.05, 0.1) is 0 Å². The predicted molar refractivity (Wildman–Crippen MR) is 82.1 cm³/mol. The largest absolute Gasteiger partial charge is 0.399 e. The van der Waals surface area contributed by atoms with E-state index in [0.717, 1.165) is 25.2 Å². The molecule has 19 heavy (non-hydrogen) atoms. The number of rotatable bonds is 5. The van der Waals surface area contributed by atoms with Gasteiger partial charge in [-0.15, -0.1) is 0 Å².